The van der Waals surface area contributed by atoms with E-state index < -0.39 is 0 Å². The van der Waals surface area contributed by atoms with Gasteiger partial charge in [0.25, 0.3) is 0 Å². The van der Waals surface area contributed by atoms with Crippen molar-refractivity contribution < 1.29 is 4.79 Å². The first-order chi connectivity index (χ1) is 9.16. The van der Waals surface area contributed by atoms with E-state index in [2.05, 4.69) is 41.8 Å². The van der Waals surface area contributed by atoms with E-state index in [0.717, 1.165) is 20.0 Å². The third-order valence-corrected chi connectivity index (χ3v) is 4.05. The molecule has 1 N–H and O–H groups in total. The number of hydrogen-bond acceptors (Lipinski definition) is 2. The average molecular weight is 380 g/mol. The first-order valence-electron chi connectivity index (χ1n) is 5.58. The van der Waals surface area contributed by atoms with Crippen LogP contribution in [0.15, 0.2) is 51.7 Å². The topological polar surface area (TPSA) is 45.8 Å². The highest BCUT2D eigenvalue weighted by molar-refractivity contribution is 9.11. The molecule has 0 aliphatic rings. The molecule has 0 atom stereocenters. The maximum atomic E-state index is 12.6. The fraction of sp³-hybridized carbons (Fsp3) is 0. The number of rotatable bonds is 2. The fourth-order valence-corrected chi connectivity index (χ4v) is 2.75. The lowest BCUT2D eigenvalue weighted by Gasteiger charge is -2.03. The van der Waals surface area contributed by atoms with Crippen molar-refractivity contribution in [2.75, 3.05) is 0 Å². The lowest BCUT2D eigenvalue weighted by atomic mass is 10.0. The molecule has 2 aromatic heterocycles. The Bertz CT molecular complexity index is 780. The highest BCUT2D eigenvalue weighted by Gasteiger charge is 2.17. The van der Waals surface area contributed by atoms with Gasteiger partial charge in [-0.05, 0) is 30.3 Å². The summed E-state index contributed by atoms with van der Waals surface area (Å²) in [5, 5.41) is 0.833. The monoisotopic (exact) mass is 378 g/mol. The highest BCUT2D eigenvalue weighted by atomic mass is 79.9. The first-order valence-corrected chi connectivity index (χ1v) is 7.17. The summed E-state index contributed by atoms with van der Waals surface area (Å²) >= 11 is 6.80. The van der Waals surface area contributed by atoms with E-state index >= 15 is 0 Å². The summed E-state index contributed by atoms with van der Waals surface area (Å²) in [5.74, 6) is -0.0348. The number of fused-ring (bicyclic) bond motifs is 1. The Morgan fingerprint density at radius 2 is 2.00 bits per heavy atom. The van der Waals surface area contributed by atoms with Gasteiger partial charge in [-0.1, -0.05) is 31.9 Å². The molecule has 1 aromatic carbocycles. The normalized spacial score (nSPS) is 10.8. The van der Waals surface area contributed by atoms with Crippen LogP contribution in [0.1, 0.15) is 15.9 Å². The standard InChI is InChI=1S/C14H8Br2N2O/c15-8-3-4-12(16)10(6-8)13(19)11-7-18-14-9(11)2-1-5-17-14/h1-7H,(H,17,18). The molecular weight excluding hydrogens is 372 g/mol. The maximum absolute atomic E-state index is 12.6. The number of aromatic nitrogens is 2. The third-order valence-electron chi connectivity index (χ3n) is 2.87. The van der Waals surface area contributed by atoms with Crippen molar-refractivity contribution >= 4 is 48.7 Å². The Kier molecular flexibility index (Phi) is 3.24. The fourth-order valence-electron chi connectivity index (χ4n) is 1.96. The van der Waals surface area contributed by atoms with Gasteiger partial charge < -0.3 is 4.98 Å². The van der Waals surface area contributed by atoms with E-state index in [1.807, 2.05) is 30.3 Å². The van der Waals surface area contributed by atoms with Crippen LogP contribution in [0.4, 0.5) is 0 Å². The quantitative estimate of drug-likeness (QED) is 0.674. The van der Waals surface area contributed by atoms with E-state index in [9.17, 15) is 4.79 Å². The van der Waals surface area contributed by atoms with Crippen LogP contribution in [0.3, 0.4) is 0 Å². The predicted octanol–water partition coefficient (Wildman–Crippen LogP) is 4.32. The molecule has 0 aliphatic heterocycles. The Hall–Kier alpha value is -1.46. The number of carbonyl (C=O) groups excluding carboxylic acids is 1. The van der Waals surface area contributed by atoms with Gasteiger partial charge in [0.2, 0.25) is 0 Å². The molecule has 0 amide bonds. The summed E-state index contributed by atoms with van der Waals surface area (Å²) in [5.41, 5.74) is 1.97. The van der Waals surface area contributed by atoms with Crippen LogP contribution in [0.5, 0.6) is 0 Å². The van der Waals surface area contributed by atoms with Gasteiger partial charge in [0.05, 0.1) is 0 Å². The lowest BCUT2D eigenvalue weighted by molar-refractivity contribution is 0.103. The molecule has 0 spiro atoms. The number of halogens is 2. The smallest absolute Gasteiger partial charge is 0.196 e. The molecule has 2 heterocycles. The van der Waals surface area contributed by atoms with Crippen LogP contribution in [-0.4, -0.2) is 15.8 Å². The first kappa shape index (κ1) is 12.6. The minimum atomic E-state index is -0.0348. The molecule has 5 heteroatoms. The van der Waals surface area contributed by atoms with Crippen LogP contribution in [0.2, 0.25) is 0 Å². The number of carbonyl (C=O) groups is 1. The largest absolute Gasteiger partial charge is 0.345 e. The van der Waals surface area contributed by atoms with E-state index in [0.29, 0.717) is 11.1 Å². The second-order valence-corrected chi connectivity index (χ2v) is 5.83. The van der Waals surface area contributed by atoms with Gasteiger partial charge in [0.15, 0.2) is 5.78 Å². The second kappa shape index (κ2) is 4.90. The molecule has 0 unspecified atom stereocenters. The van der Waals surface area contributed by atoms with E-state index in [1.54, 1.807) is 12.4 Å². The molecule has 0 saturated heterocycles. The number of nitrogens with one attached hydrogen (secondary N) is 1. The Balaban J connectivity index is 2.16. The molecular formula is C14H8Br2N2O. The number of pyridine rings is 1. The number of H-pyrrole nitrogens is 1. The lowest BCUT2D eigenvalue weighted by Crippen LogP contribution is -2.01. The molecule has 3 rings (SSSR count). The van der Waals surface area contributed by atoms with E-state index in [-0.39, 0.29) is 5.78 Å². The van der Waals surface area contributed by atoms with Crippen molar-refractivity contribution in [2.45, 2.75) is 0 Å². The SMILES string of the molecule is O=C(c1cc(Br)ccc1Br)c1c[nH]c2ncccc12. The number of nitrogens with zero attached hydrogens (tertiary/aromatic N) is 1. The van der Waals surface area contributed by atoms with Gasteiger partial charge in [0, 0.05) is 37.9 Å². The van der Waals surface area contributed by atoms with Gasteiger partial charge in [-0.3, -0.25) is 4.79 Å². The van der Waals surface area contributed by atoms with Gasteiger partial charge >= 0.3 is 0 Å². The molecule has 3 aromatic rings. The van der Waals surface area contributed by atoms with Crippen molar-refractivity contribution in [1.82, 2.24) is 9.97 Å². The van der Waals surface area contributed by atoms with Crippen molar-refractivity contribution in [2.24, 2.45) is 0 Å². The van der Waals surface area contributed by atoms with Gasteiger partial charge in [-0.25, -0.2) is 4.98 Å². The summed E-state index contributed by atoms with van der Waals surface area (Å²) in [6.45, 7) is 0. The third kappa shape index (κ3) is 2.24. The molecule has 3 nitrogen and oxygen atoms in total. The maximum Gasteiger partial charge on any atom is 0.196 e. The molecule has 94 valence electrons. The minimum absolute atomic E-state index is 0.0348. The Labute approximate surface area is 126 Å². The minimum Gasteiger partial charge on any atom is -0.345 e. The van der Waals surface area contributed by atoms with Gasteiger partial charge in [-0.2, -0.15) is 0 Å². The van der Waals surface area contributed by atoms with Gasteiger partial charge in [-0.15, -0.1) is 0 Å². The van der Waals surface area contributed by atoms with Crippen molar-refractivity contribution in [3.63, 3.8) is 0 Å². The summed E-state index contributed by atoms with van der Waals surface area (Å²) in [6, 6.07) is 9.25. The molecule has 0 radical (unpaired) electrons. The zero-order valence-corrected chi connectivity index (χ0v) is 12.8. The Morgan fingerprint density at radius 1 is 1.16 bits per heavy atom. The average Bonchev–Trinajstić information content (AvgIpc) is 2.84. The number of hydrogen-bond donors (Lipinski definition) is 1. The summed E-state index contributed by atoms with van der Waals surface area (Å²) in [6.07, 6.45) is 3.40. The Morgan fingerprint density at radius 3 is 2.84 bits per heavy atom. The van der Waals surface area contributed by atoms with Crippen molar-refractivity contribution in [1.29, 1.82) is 0 Å². The predicted molar refractivity (Wildman–Crippen MR) is 81.4 cm³/mol. The molecule has 0 aliphatic carbocycles. The van der Waals surface area contributed by atoms with Crippen LogP contribution in [0, 0.1) is 0 Å². The number of benzene rings is 1. The summed E-state index contributed by atoms with van der Waals surface area (Å²) in [4.78, 5) is 19.8. The van der Waals surface area contributed by atoms with Crippen molar-refractivity contribution in [3.05, 3.63) is 62.8 Å². The summed E-state index contributed by atoms with van der Waals surface area (Å²) < 4.78 is 1.65. The number of ketones is 1. The van der Waals surface area contributed by atoms with Crippen LogP contribution in [-0.2, 0) is 0 Å². The zero-order chi connectivity index (χ0) is 13.4. The molecule has 0 fully saturated rings. The van der Waals surface area contributed by atoms with Crippen LogP contribution in [0.25, 0.3) is 11.0 Å². The number of aromatic amines is 1. The van der Waals surface area contributed by atoms with Gasteiger partial charge in [0.1, 0.15) is 5.65 Å². The molecule has 19 heavy (non-hydrogen) atoms. The summed E-state index contributed by atoms with van der Waals surface area (Å²) in [7, 11) is 0. The molecule has 0 bridgehead atoms. The van der Waals surface area contributed by atoms with E-state index in [1.165, 1.54) is 0 Å². The van der Waals surface area contributed by atoms with Crippen LogP contribution < -0.4 is 0 Å². The van der Waals surface area contributed by atoms with Crippen LogP contribution >= 0.6 is 31.9 Å². The van der Waals surface area contributed by atoms with Crippen molar-refractivity contribution in [3.8, 4) is 0 Å². The highest BCUT2D eigenvalue weighted by Crippen LogP contribution is 2.26. The zero-order valence-electron chi connectivity index (χ0n) is 9.65. The second-order valence-electron chi connectivity index (χ2n) is 4.06. The molecule has 0 saturated carbocycles. The van der Waals surface area contributed by atoms with E-state index in [4.69, 9.17) is 0 Å².